The van der Waals surface area contributed by atoms with Crippen LogP contribution in [-0.2, 0) is 0 Å². The number of hydrogen-bond donors (Lipinski definition) is 2. The molecule has 1 atom stereocenters. The van der Waals surface area contributed by atoms with Crippen LogP contribution in [0.1, 0.15) is 17.2 Å². The molecule has 0 amide bonds. The Balaban J connectivity index is 3.39. The van der Waals surface area contributed by atoms with Gasteiger partial charge in [0, 0.05) is 11.1 Å². The van der Waals surface area contributed by atoms with Crippen LogP contribution < -0.4 is 5.73 Å². The van der Waals surface area contributed by atoms with Gasteiger partial charge in [-0.3, -0.25) is 10.1 Å². The van der Waals surface area contributed by atoms with E-state index in [9.17, 15) is 28.4 Å². The lowest BCUT2D eigenvalue weighted by Gasteiger charge is -2.17. The zero-order valence-corrected chi connectivity index (χ0v) is 8.65. The van der Waals surface area contributed by atoms with Crippen LogP contribution >= 0.6 is 0 Å². The molecule has 0 aliphatic carbocycles. The lowest BCUT2D eigenvalue weighted by molar-refractivity contribution is -0.386. The molecule has 0 aliphatic rings. The lowest BCUT2D eigenvalue weighted by Crippen LogP contribution is -2.28. The highest BCUT2D eigenvalue weighted by Gasteiger charge is 2.40. The third-order valence-electron chi connectivity index (χ3n) is 2.25. The molecule has 0 saturated carbocycles. The topological polar surface area (TPSA) is 89.4 Å². The number of halogens is 3. The van der Waals surface area contributed by atoms with Crippen molar-refractivity contribution in [2.75, 3.05) is 0 Å². The van der Waals surface area contributed by atoms with E-state index in [-0.39, 0.29) is 5.56 Å². The van der Waals surface area contributed by atoms with Gasteiger partial charge in [0.2, 0.25) is 0 Å². The second kappa shape index (κ2) is 4.21. The smallest absolute Gasteiger partial charge is 0.407 e. The molecule has 1 aromatic rings. The van der Waals surface area contributed by atoms with Crippen LogP contribution in [0, 0.1) is 17.0 Å². The van der Waals surface area contributed by atoms with Crippen molar-refractivity contribution < 1.29 is 23.2 Å². The zero-order chi connectivity index (χ0) is 13.4. The van der Waals surface area contributed by atoms with Gasteiger partial charge in [-0.05, 0) is 6.92 Å². The second-order valence-electron chi connectivity index (χ2n) is 3.45. The van der Waals surface area contributed by atoms with Crippen molar-refractivity contribution in [3.63, 3.8) is 0 Å². The molecule has 0 aliphatic heterocycles. The molecule has 94 valence electrons. The van der Waals surface area contributed by atoms with Crippen LogP contribution in [0.25, 0.3) is 0 Å². The third-order valence-corrected chi connectivity index (χ3v) is 2.25. The number of phenols is 1. The predicted octanol–water partition coefficient (Wildman–Crippen LogP) is 2.17. The van der Waals surface area contributed by atoms with Crippen LogP contribution in [0.5, 0.6) is 5.75 Å². The Morgan fingerprint density at radius 1 is 1.47 bits per heavy atom. The maximum absolute atomic E-state index is 12.3. The highest BCUT2D eigenvalue weighted by atomic mass is 19.4. The van der Waals surface area contributed by atoms with Crippen molar-refractivity contribution in [1.82, 2.24) is 0 Å². The third kappa shape index (κ3) is 2.47. The number of benzene rings is 1. The first-order valence-electron chi connectivity index (χ1n) is 4.45. The molecule has 1 aromatic carbocycles. The van der Waals surface area contributed by atoms with Crippen molar-refractivity contribution in [2.45, 2.75) is 19.1 Å². The van der Waals surface area contributed by atoms with Crippen LogP contribution in [0.3, 0.4) is 0 Å². The highest BCUT2D eigenvalue weighted by molar-refractivity contribution is 5.56. The first-order chi connectivity index (χ1) is 7.66. The van der Waals surface area contributed by atoms with Gasteiger partial charge in [0.05, 0.1) is 4.92 Å². The minimum absolute atomic E-state index is 0.0608. The minimum atomic E-state index is -4.78. The van der Waals surface area contributed by atoms with E-state index in [1.807, 2.05) is 0 Å². The average Bonchev–Trinajstić information content (AvgIpc) is 2.15. The molecule has 0 fully saturated rings. The summed E-state index contributed by atoms with van der Waals surface area (Å²) in [5.74, 6) is -1.04. The number of phenolic OH excluding ortho intramolecular Hbond substituents is 1. The van der Waals surface area contributed by atoms with Crippen molar-refractivity contribution in [1.29, 1.82) is 0 Å². The molecule has 0 unspecified atom stereocenters. The predicted molar refractivity (Wildman–Crippen MR) is 52.5 cm³/mol. The summed E-state index contributed by atoms with van der Waals surface area (Å²) < 4.78 is 37.0. The Morgan fingerprint density at radius 2 is 2.00 bits per heavy atom. The molecular weight excluding hydrogens is 241 g/mol. The maximum atomic E-state index is 12.3. The Bertz CT molecular complexity index is 460. The van der Waals surface area contributed by atoms with Crippen molar-refractivity contribution in [3.8, 4) is 5.75 Å². The van der Waals surface area contributed by atoms with Gasteiger partial charge in [-0.25, -0.2) is 0 Å². The maximum Gasteiger partial charge on any atom is 0.407 e. The van der Waals surface area contributed by atoms with E-state index < -0.39 is 34.1 Å². The summed E-state index contributed by atoms with van der Waals surface area (Å²) in [4.78, 5) is 9.64. The molecule has 3 N–H and O–H groups in total. The Morgan fingerprint density at radius 3 is 2.41 bits per heavy atom. The van der Waals surface area contributed by atoms with E-state index in [2.05, 4.69) is 0 Å². The van der Waals surface area contributed by atoms with Gasteiger partial charge in [0.1, 0.15) is 6.04 Å². The van der Waals surface area contributed by atoms with Crippen LogP contribution in [0.4, 0.5) is 18.9 Å². The quantitative estimate of drug-likeness (QED) is 0.621. The van der Waals surface area contributed by atoms with E-state index in [0.29, 0.717) is 0 Å². The normalized spacial score (nSPS) is 13.5. The monoisotopic (exact) mass is 250 g/mol. The number of nitro groups is 1. The standard InChI is InChI=1S/C9H9F3N2O3/c1-4-2-3-5(8(13)9(10,11)12)7(15)6(4)14(16)17/h2-3,8,15H,13H2,1H3/t8-/m1/s1. The first kappa shape index (κ1) is 13.2. The zero-order valence-electron chi connectivity index (χ0n) is 8.65. The van der Waals surface area contributed by atoms with E-state index in [1.165, 1.54) is 6.92 Å². The van der Waals surface area contributed by atoms with Crippen molar-refractivity contribution in [2.24, 2.45) is 5.73 Å². The van der Waals surface area contributed by atoms with E-state index in [4.69, 9.17) is 5.73 Å². The number of nitrogens with zero attached hydrogens (tertiary/aromatic N) is 1. The second-order valence-corrected chi connectivity index (χ2v) is 3.45. The van der Waals surface area contributed by atoms with Crippen LogP contribution in [0.2, 0.25) is 0 Å². The van der Waals surface area contributed by atoms with Gasteiger partial charge < -0.3 is 10.8 Å². The summed E-state index contributed by atoms with van der Waals surface area (Å²) in [6, 6.07) is -0.420. The van der Waals surface area contributed by atoms with Gasteiger partial charge in [-0.15, -0.1) is 0 Å². The van der Waals surface area contributed by atoms with Gasteiger partial charge >= 0.3 is 11.9 Å². The SMILES string of the molecule is Cc1ccc([C@@H](N)C(F)(F)F)c(O)c1[N+](=O)[O-]. The van der Waals surface area contributed by atoms with Gasteiger partial charge in [-0.2, -0.15) is 13.2 Å². The van der Waals surface area contributed by atoms with E-state index in [0.717, 1.165) is 12.1 Å². The summed E-state index contributed by atoms with van der Waals surface area (Å²) >= 11 is 0. The number of aryl methyl sites for hydroxylation is 1. The largest absolute Gasteiger partial charge is 0.502 e. The van der Waals surface area contributed by atoms with Gasteiger partial charge in [0.25, 0.3) is 0 Å². The number of nitrogens with two attached hydrogens (primary N) is 1. The number of rotatable bonds is 2. The molecule has 0 bridgehead atoms. The number of aromatic hydroxyl groups is 1. The molecule has 5 nitrogen and oxygen atoms in total. The summed E-state index contributed by atoms with van der Waals surface area (Å²) in [6.45, 7) is 1.31. The molecule has 0 saturated heterocycles. The Labute approximate surface area is 93.8 Å². The summed E-state index contributed by atoms with van der Waals surface area (Å²) in [6.07, 6.45) is -4.78. The molecule has 0 radical (unpaired) electrons. The Kier molecular flexibility index (Phi) is 3.28. The van der Waals surface area contributed by atoms with Gasteiger partial charge in [0.15, 0.2) is 5.75 Å². The molecule has 0 aromatic heterocycles. The molecule has 1 rings (SSSR count). The lowest BCUT2D eigenvalue weighted by atomic mass is 10.0. The average molecular weight is 250 g/mol. The fourth-order valence-corrected chi connectivity index (χ4v) is 1.35. The van der Waals surface area contributed by atoms with Crippen molar-refractivity contribution in [3.05, 3.63) is 33.4 Å². The fourth-order valence-electron chi connectivity index (χ4n) is 1.35. The molecule has 0 spiro atoms. The number of alkyl halides is 3. The Hall–Kier alpha value is -1.83. The summed E-state index contributed by atoms with van der Waals surface area (Å²) in [7, 11) is 0. The van der Waals surface area contributed by atoms with Crippen LogP contribution in [-0.4, -0.2) is 16.2 Å². The van der Waals surface area contributed by atoms with E-state index in [1.54, 1.807) is 0 Å². The summed E-state index contributed by atoms with van der Waals surface area (Å²) in [5.41, 5.74) is 3.47. The van der Waals surface area contributed by atoms with Crippen LogP contribution in [0.15, 0.2) is 12.1 Å². The van der Waals surface area contributed by atoms with Gasteiger partial charge in [-0.1, -0.05) is 12.1 Å². The molecule has 0 heterocycles. The highest BCUT2D eigenvalue weighted by Crippen LogP contribution is 2.40. The number of hydrogen-bond acceptors (Lipinski definition) is 4. The molecule has 17 heavy (non-hydrogen) atoms. The molecule has 8 heteroatoms. The minimum Gasteiger partial charge on any atom is -0.502 e. The fraction of sp³-hybridized carbons (Fsp3) is 0.333. The van der Waals surface area contributed by atoms with Crippen molar-refractivity contribution >= 4 is 5.69 Å². The first-order valence-corrected chi connectivity index (χ1v) is 4.45. The molecular formula is C9H9F3N2O3. The summed E-state index contributed by atoms with van der Waals surface area (Å²) in [5, 5.41) is 20.0. The number of nitro benzene ring substituents is 1. The van der Waals surface area contributed by atoms with E-state index >= 15 is 0 Å².